The Kier molecular flexibility index (Phi) is 25.3. The van der Waals surface area contributed by atoms with Gasteiger partial charge in [0.2, 0.25) is 0 Å². The van der Waals surface area contributed by atoms with Crippen molar-refractivity contribution in [1.82, 2.24) is 0 Å². The summed E-state index contributed by atoms with van der Waals surface area (Å²) in [5.74, 6) is 6.09. The van der Waals surface area contributed by atoms with Crippen LogP contribution in [-0.4, -0.2) is 48.1 Å². The van der Waals surface area contributed by atoms with Crippen LogP contribution in [0.1, 0.15) is 329 Å². The van der Waals surface area contributed by atoms with E-state index in [0.717, 1.165) is 64.2 Å². The maximum atomic E-state index is 12.7. The highest BCUT2D eigenvalue weighted by Crippen LogP contribution is 2.72. The zero-order valence-corrected chi connectivity index (χ0v) is 73.8. The van der Waals surface area contributed by atoms with E-state index >= 15 is 0 Å². The lowest BCUT2D eigenvalue weighted by atomic mass is 9.43. The molecule has 0 spiro atoms. The standard InChI is InChI=1S/C22H34O.C22H32O.C21H32O2.C20H32O.C20H30O/c2*1-6-19(23)22(5)15-9-14-21(4)17-10-8-13-20(3,7-2)16(17)11-12-18(21)22;1-6-19(2)12-7-9-16-15(19)10-11-17-20(16,3)13-8-14-21(17,4)18(22)23-5;2*1-5-18(2)11-6-8-16-15(18)9-10-17-19(3,14-21)12-7-13-20(16,17)4/h6-7,10,16,18-19,23H,1-2,8-9,11-15H2,3-5H3;6-7,10,16,18H,1-2,8-9,11-15H2,3-5H3;6,9,15,17H,1,7-8,10-14H2,2-5H3;5,8,15,17,21H,1,6-7,9-14H2,2-4H3;5,8,14-15,17H,1,6-7,9-13H2,2-4H3/t16-,18+,19?,20+,21+,22-;16-,18+,20+,21+,22-;15-,17+,19+,20+,21-;2*15-,17-,18+,19+,20+/m11111/s1. The molecule has 6 heteroatoms. The molecule has 15 rings (SSSR count). The van der Waals surface area contributed by atoms with Crippen LogP contribution in [0.25, 0.3) is 0 Å². The van der Waals surface area contributed by atoms with Crippen molar-refractivity contribution >= 4 is 18.0 Å². The van der Waals surface area contributed by atoms with Crippen LogP contribution in [-0.2, 0) is 19.1 Å². The summed E-state index contributed by atoms with van der Waals surface area (Å²) in [5, 5.41) is 20.7. The van der Waals surface area contributed by atoms with Crippen LogP contribution in [0.2, 0.25) is 0 Å². The number of ether oxygens (including phenoxy) is 1. The minimum atomic E-state index is -0.390. The van der Waals surface area contributed by atoms with Gasteiger partial charge in [-0.2, -0.15) is 0 Å². The van der Waals surface area contributed by atoms with Gasteiger partial charge in [0.1, 0.15) is 6.29 Å². The summed E-state index contributed by atoms with van der Waals surface area (Å²) in [6.07, 6.45) is 69.7. The molecule has 0 radical (unpaired) electrons. The molecular weight excluding hydrogens is 1360 g/mol. The number of ketones is 1. The first-order valence-corrected chi connectivity index (χ1v) is 45.6. The van der Waals surface area contributed by atoms with Gasteiger partial charge in [-0.15, -0.1) is 39.5 Å². The number of esters is 1. The van der Waals surface area contributed by atoms with Gasteiger partial charge in [0.25, 0.3) is 0 Å². The third-order valence-corrected chi connectivity index (χ3v) is 38.2. The minimum Gasteiger partial charge on any atom is -0.469 e. The van der Waals surface area contributed by atoms with E-state index < -0.39 is 6.10 Å². The third kappa shape index (κ3) is 14.4. The van der Waals surface area contributed by atoms with Crippen LogP contribution in [0.3, 0.4) is 0 Å². The monoisotopic (exact) mass is 1520 g/mol. The van der Waals surface area contributed by atoms with Crippen molar-refractivity contribution in [2.24, 2.45) is 140 Å². The number of hydrogen-bond acceptors (Lipinski definition) is 6. The van der Waals surface area contributed by atoms with Crippen LogP contribution in [0.4, 0.5) is 0 Å². The predicted molar refractivity (Wildman–Crippen MR) is 466 cm³/mol. The van der Waals surface area contributed by atoms with Gasteiger partial charge in [-0.25, -0.2) is 0 Å². The Bertz CT molecular complexity index is 3700. The van der Waals surface area contributed by atoms with E-state index in [9.17, 15) is 24.6 Å². The summed E-state index contributed by atoms with van der Waals surface area (Å²) >= 11 is 0. The van der Waals surface area contributed by atoms with Gasteiger partial charge in [-0.1, -0.05) is 230 Å². The molecule has 0 saturated heterocycles. The largest absolute Gasteiger partial charge is 0.469 e. The minimum absolute atomic E-state index is 0.00485. The molecule has 26 atom stereocenters. The van der Waals surface area contributed by atoms with Crippen molar-refractivity contribution in [3.8, 4) is 0 Å². The quantitative estimate of drug-likeness (QED) is 0.0874. The molecule has 15 aliphatic carbocycles. The maximum Gasteiger partial charge on any atom is 0.311 e. The zero-order chi connectivity index (χ0) is 81.2. The van der Waals surface area contributed by atoms with Gasteiger partial charge in [0.05, 0.1) is 18.6 Å². The number of aldehydes is 1. The Morgan fingerprint density at radius 2 is 0.685 bits per heavy atom. The maximum absolute atomic E-state index is 12.7. The molecule has 0 heterocycles. The molecular formula is C105H160O6. The Labute approximate surface area is 679 Å². The van der Waals surface area contributed by atoms with E-state index in [1.165, 1.54) is 167 Å². The van der Waals surface area contributed by atoms with Gasteiger partial charge in [0.15, 0.2) is 5.78 Å². The van der Waals surface area contributed by atoms with Gasteiger partial charge >= 0.3 is 5.97 Å². The Balaban J connectivity index is 0.000000137. The molecule has 0 aromatic heterocycles. The second-order valence-corrected chi connectivity index (χ2v) is 43.8. The number of rotatable bonds is 12. The molecule has 0 aromatic rings. The summed E-state index contributed by atoms with van der Waals surface area (Å²) in [6.45, 7) is 64.2. The van der Waals surface area contributed by atoms with Crippen molar-refractivity contribution in [3.63, 3.8) is 0 Å². The van der Waals surface area contributed by atoms with E-state index in [-0.39, 0.29) is 87.6 Å². The number of aliphatic hydroxyl groups is 2. The van der Waals surface area contributed by atoms with Crippen LogP contribution >= 0.6 is 0 Å². The first kappa shape index (κ1) is 87.4. The van der Waals surface area contributed by atoms with Crippen molar-refractivity contribution in [2.75, 3.05) is 13.7 Å². The molecule has 616 valence electrons. The first-order valence-electron chi connectivity index (χ1n) is 45.6. The van der Waals surface area contributed by atoms with E-state index in [0.29, 0.717) is 71.2 Å². The molecule has 2 N–H and O–H groups in total. The van der Waals surface area contributed by atoms with E-state index in [4.69, 9.17) is 4.74 Å². The molecule has 111 heavy (non-hydrogen) atoms. The number of fused-ring (bicyclic) bond motifs is 15. The van der Waals surface area contributed by atoms with Crippen LogP contribution in [0.5, 0.6) is 0 Å². The lowest BCUT2D eigenvalue weighted by Gasteiger charge is -2.61. The number of methoxy groups -OCH3 is 1. The summed E-state index contributed by atoms with van der Waals surface area (Å²) in [4.78, 5) is 37.0. The van der Waals surface area contributed by atoms with Crippen molar-refractivity contribution in [3.05, 3.63) is 147 Å². The SMILES string of the molecule is C=CC(=O)[C@]1(C)CCC[C@@]2(C)C3=CCC[C@](C)(C=C)[C@@H]3CC[C@H]12.C=CC(O)[C@]1(C)CCC[C@@]2(C)C3=CCC[C@](C)(C=C)[C@@H]3CC[C@@H]21.C=C[C@@]1(C)CCC=C2[C@H]1CC[C@@H]1[C@](C)(C(=O)OC)CCC[C@@]21C.C=C[C@@]1(C)CCC=C2[C@H]1CC[C@@H]1[C@](C)(CO)CCC[C@@]21C.C=C[C@@]1(C)CCC=C2[C@H]1CC[C@H]1[C@@]2(C)CCC[C@@]1(C)C=O. The Morgan fingerprint density at radius 3 is 1.03 bits per heavy atom. The predicted octanol–water partition coefficient (Wildman–Crippen LogP) is 27.3. The van der Waals surface area contributed by atoms with Crippen molar-refractivity contribution in [1.29, 1.82) is 0 Å². The van der Waals surface area contributed by atoms with E-state index in [2.05, 4.69) is 211 Å². The van der Waals surface area contributed by atoms with Gasteiger partial charge in [-0.3, -0.25) is 9.59 Å². The summed E-state index contributed by atoms with van der Waals surface area (Å²) in [6, 6.07) is 0. The molecule has 0 amide bonds. The third-order valence-electron chi connectivity index (χ3n) is 38.2. The van der Waals surface area contributed by atoms with Gasteiger partial charge in [-0.05, 0) is 324 Å². The molecule has 0 aliphatic heterocycles. The fraction of sp³-hybridized carbons (Fsp3) is 0.743. The highest BCUT2D eigenvalue weighted by atomic mass is 16.5. The Hall–Kier alpha value is -4.39. The smallest absolute Gasteiger partial charge is 0.311 e. The van der Waals surface area contributed by atoms with Crippen LogP contribution < -0.4 is 0 Å². The number of hydrogen-bond donors (Lipinski definition) is 2. The van der Waals surface area contributed by atoms with Crippen molar-refractivity contribution in [2.45, 2.75) is 335 Å². The summed E-state index contributed by atoms with van der Waals surface area (Å²) in [7, 11) is 1.54. The van der Waals surface area contributed by atoms with E-state index in [1.54, 1.807) is 47.1 Å². The van der Waals surface area contributed by atoms with Crippen LogP contribution in [0.15, 0.2) is 147 Å². The van der Waals surface area contributed by atoms with Gasteiger partial charge in [0, 0.05) is 22.9 Å². The topological polar surface area (TPSA) is 101 Å². The molecule has 1 unspecified atom stereocenters. The fourth-order valence-corrected chi connectivity index (χ4v) is 31.0. The lowest BCUT2D eigenvalue weighted by molar-refractivity contribution is -0.164. The second-order valence-electron chi connectivity index (χ2n) is 43.8. The lowest BCUT2D eigenvalue weighted by Crippen LogP contribution is -2.54. The number of allylic oxidation sites excluding steroid dienone is 16. The number of carbonyl (C=O) groups is 3. The van der Waals surface area contributed by atoms with Crippen molar-refractivity contribution < 1.29 is 29.3 Å². The number of aliphatic hydroxyl groups excluding tert-OH is 2. The van der Waals surface area contributed by atoms with Crippen LogP contribution in [0, 0.1) is 140 Å². The summed E-state index contributed by atoms with van der Waals surface area (Å²) in [5.41, 5.74) is 10.1. The highest BCUT2D eigenvalue weighted by molar-refractivity contribution is 5.94. The molecule has 0 aromatic carbocycles. The molecule has 10 saturated carbocycles. The fourth-order valence-electron chi connectivity index (χ4n) is 31.0. The first-order chi connectivity index (χ1) is 52.2. The average Bonchev–Trinajstić information content (AvgIpc) is 0.739. The van der Waals surface area contributed by atoms with Gasteiger partial charge < -0.3 is 19.7 Å². The Morgan fingerprint density at radius 1 is 0.387 bits per heavy atom. The molecule has 0 bridgehead atoms. The number of carbonyl (C=O) groups excluding carboxylic acids is 3. The summed E-state index contributed by atoms with van der Waals surface area (Å²) < 4.78 is 5.21. The molecule has 15 aliphatic rings. The second kappa shape index (κ2) is 32.1. The molecule has 6 nitrogen and oxygen atoms in total. The normalized spacial score (nSPS) is 47.8. The highest BCUT2D eigenvalue weighted by Gasteiger charge is 2.64. The molecule has 10 fully saturated rings. The zero-order valence-electron chi connectivity index (χ0n) is 73.8. The average molecular weight is 1520 g/mol. The van der Waals surface area contributed by atoms with E-state index in [1.807, 2.05) is 0 Å².